The molecule has 2 atom stereocenters. The number of rotatable bonds is 8. The van der Waals surface area contributed by atoms with Crippen molar-refractivity contribution in [1.82, 2.24) is 24.7 Å². The summed E-state index contributed by atoms with van der Waals surface area (Å²) >= 11 is 0. The van der Waals surface area contributed by atoms with Crippen LogP contribution in [0.2, 0.25) is 0 Å². The van der Waals surface area contributed by atoms with Crippen molar-refractivity contribution < 1.29 is 36.7 Å². The number of anilines is 1. The Hall–Kier alpha value is -3.59. The van der Waals surface area contributed by atoms with Gasteiger partial charge in [0, 0.05) is 31.8 Å². The Morgan fingerprint density at radius 3 is 2.71 bits per heavy atom. The van der Waals surface area contributed by atoms with Crippen LogP contribution in [0.1, 0.15) is 33.1 Å². The summed E-state index contributed by atoms with van der Waals surface area (Å²) in [6.45, 7) is 3.77. The third-order valence-corrected chi connectivity index (χ3v) is 7.83. The van der Waals surface area contributed by atoms with E-state index in [1.807, 2.05) is 6.92 Å². The molecule has 4 aliphatic rings. The largest absolute Gasteiger partial charge is 0.390 e. The maximum absolute atomic E-state index is 13.8. The number of morpholine rings is 1. The van der Waals surface area contributed by atoms with Crippen LogP contribution in [0, 0.1) is 5.82 Å². The lowest BCUT2D eigenvalue weighted by Crippen LogP contribution is -2.62. The minimum absolute atomic E-state index is 0.0523. The second kappa shape index (κ2) is 11.0. The molecule has 41 heavy (non-hydrogen) atoms. The molecule has 5 rings (SSSR count). The van der Waals surface area contributed by atoms with E-state index in [0.717, 1.165) is 18.0 Å². The van der Waals surface area contributed by atoms with E-state index in [4.69, 9.17) is 4.74 Å². The van der Waals surface area contributed by atoms with Gasteiger partial charge in [0.1, 0.15) is 23.0 Å². The second-order valence-electron chi connectivity index (χ2n) is 10.7. The number of carbonyl (C=O) groups excluding carboxylic acids is 3. The Morgan fingerprint density at radius 1 is 1.24 bits per heavy atom. The number of amides is 3. The van der Waals surface area contributed by atoms with Crippen LogP contribution in [-0.4, -0.2) is 112 Å². The highest BCUT2D eigenvalue weighted by Crippen LogP contribution is 2.43. The standard InChI is InChI=1S/C26H31F4N7O4/c1-3-17-10-25(2)36(14-21(38)32-20-5-4-16(27)11-31-20)22-19(23(39)37(25)33-17)13-35(24(22)40)12-18-15-41-9-8-34(18)7-6-26(28,29)30/h4-5,11,18H,3,6-10,12-15H2,1-2H3,(H,31,32,38)/t18-,25?/m1/s1. The maximum atomic E-state index is 13.8. The summed E-state index contributed by atoms with van der Waals surface area (Å²) in [5.74, 6) is -1.93. The number of fused-ring (bicyclic) bond motifs is 1. The molecule has 0 spiro atoms. The van der Waals surface area contributed by atoms with Crippen molar-refractivity contribution >= 4 is 29.3 Å². The fraction of sp³-hybridized carbons (Fsp3) is 0.577. The third-order valence-electron chi connectivity index (χ3n) is 7.83. The molecule has 1 aromatic heterocycles. The molecule has 0 bridgehead atoms. The number of hydrogen-bond acceptors (Lipinski definition) is 8. The molecule has 4 aliphatic heterocycles. The number of halogens is 4. The van der Waals surface area contributed by atoms with Gasteiger partial charge in [0.15, 0.2) is 0 Å². The van der Waals surface area contributed by atoms with Gasteiger partial charge in [-0.05, 0) is 25.5 Å². The molecule has 1 aromatic rings. The normalized spacial score (nSPS) is 25.1. The predicted octanol–water partition coefficient (Wildman–Crippen LogP) is 1.94. The molecule has 11 nitrogen and oxygen atoms in total. The molecule has 0 aromatic carbocycles. The van der Waals surface area contributed by atoms with Crippen LogP contribution in [0.3, 0.4) is 0 Å². The zero-order valence-electron chi connectivity index (χ0n) is 22.7. The van der Waals surface area contributed by atoms with Crippen LogP contribution in [0.5, 0.6) is 0 Å². The van der Waals surface area contributed by atoms with Gasteiger partial charge in [0.25, 0.3) is 11.8 Å². The molecule has 0 aliphatic carbocycles. The van der Waals surface area contributed by atoms with E-state index in [-0.39, 0.29) is 56.5 Å². The molecule has 0 saturated carbocycles. The van der Waals surface area contributed by atoms with Crippen molar-refractivity contribution in [3.8, 4) is 0 Å². The molecule has 5 heterocycles. The monoisotopic (exact) mass is 581 g/mol. The molecule has 222 valence electrons. The number of nitrogens with one attached hydrogen (secondary N) is 1. The first-order chi connectivity index (χ1) is 19.4. The molecule has 1 unspecified atom stereocenters. The number of aromatic nitrogens is 1. The SMILES string of the molecule is CCC1=NN2C(=O)C3=C(C(=O)N(C[C@@H]4COCCN4CCC(F)(F)F)C3)N(CC(=O)Nc3ccc(F)cn3)C2(C)C1. The highest BCUT2D eigenvalue weighted by Gasteiger charge is 2.56. The van der Waals surface area contributed by atoms with Gasteiger partial charge in [0.05, 0.1) is 50.5 Å². The molecular weight excluding hydrogens is 550 g/mol. The predicted molar refractivity (Wildman–Crippen MR) is 138 cm³/mol. The first-order valence-corrected chi connectivity index (χ1v) is 13.4. The van der Waals surface area contributed by atoms with Crippen LogP contribution in [0.15, 0.2) is 34.7 Å². The number of hydrogen-bond donors (Lipinski definition) is 1. The molecule has 15 heteroatoms. The van der Waals surface area contributed by atoms with E-state index in [0.29, 0.717) is 19.4 Å². The molecule has 1 N–H and O–H groups in total. The van der Waals surface area contributed by atoms with E-state index in [9.17, 15) is 31.9 Å². The van der Waals surface area contributed by atoms with E-state index in [2.05, 4.69) is 15.4 Å². The van der Waals surface area contributed by atoms with Crippen molar-refractivity contribution in [2.45, 2.75) is 51.0 Å². The summed E-state index contributed by atoms with van der Waals surface area (Å²) in [7, 11) is 0. The number of alkyl halides is 3. The Bertz CT molecular complexity index is 1290. The molecule has 1 saturated heterocycles. The molecule has 0 radical (unpaired) electrons. The fourth-order valence-electron chi connectivity index (χ4n) is 5.70. The highest BCUT2D eigenvalue weighted by atomic mass is 19.4. The van der Waals surface area contributed by atoms with Crippen molar-refractivity contribution in [1.29, 1.82) is 0 Å². The van der Waals surface area contributed by atoms with E-state index in [1.54, 1.807) is 16.7 Å². The van der Waals surface area contributed by atoms with Crippen molar-refractivity contribution in [2.24, 2.45) is 5.10 Å². The van der Waals surface area contributed by atoms with Gasteiger partial charge < -0.3 is 19.9 Å². The van der Waals surface area contributed by atoms with Gasteiger partial charge in [0.2, 0.25) is 5.91 Å². The zero-order chi connectivity index (χ0) is 29.5. The van der Waals surface area contributed by atoms with Crippen molar-refractivity contribution in [3.63, 3.8) is 0 Å². The first-order valence-electron chi connectivity index (χ1n) is 13.4. The number of ether oxygens (including phenoxy) is 1. The quantitative estimate of drug-likeness (QED) is 0.468. The van der Waals surface area contributed by atoms with Gasteiger partial charge in [-0.3, -0.25) is 19.3 Å². The molecular formula is C26H31F4N7O4. The third kappa shape index (κ3) is 5.77. The number of carbonyl (C=O) groups is 3. The van der Waals surface area contributed by atoms with Gasteiger partial charge >= 0.3 is 6.18 Å². The lowest BCUT2D eigenvalue weighted by molar-refractivity contribution is -0.146. The number of nitrogens with zero attached hydrogens (tertiary/aromatic N) is 6. The summed E-state index contributed by atoms with van der Waals surface area (Å²) in [5.41, 5.74) is -0.161. The van der Waals surface area contributed by atoms with E-state index in [1.165, 1.54) is 16.0 Å². The zero-order valence-corrected chi connectivity index (χ0v) is 22.7. The molecule has 1 fully saturated rings. The number of pyridine rings is 1. The summed E-state index contributed by atoms with van der Waals surface area (Å²) < 4.78 is 57.5. The Kier molecular flexibility index (Phi) is 7.76. The lowest BCUT2D eigenvalue weighted by atomic mass is 9.96. The van der Waals surface area contributed by atoms with Gasteiger partial charge in [-0.2, -0.15) is 18.3 Å². The Morgan fingerprint density at radius 2 is 2.02 bits per heavy atom. The van der Waals surface area contributed by atoms with E-state index < -0.39 is 47.8 Å². The van der Waals surface area contributed by atoms with Gasteiger partial charge in [-0.15, -0.1) is 0 Å². The van der Waals surface area contributed by atoms with Crippen LogP contribution < -0.4 is 5.32 Å². The van der Waals surface area contributed by atoms with Crippen LogP contribution in [-0.2, 0) is 19.1 Å². The second-order valence-corrected chi connectivity index (χ2v) is 10.7. The fourth-order valence-corrected chi connectivity index (χ4v) is 5.70. The van der Waals surface area contributed by atoms with Crippen molar-refractivity contribution in [2.75, 3.05) is 51.3 Å². The summed E-state index contributed by atoms with van der Waals surface area (Å²) in [6.07, 6.45) is -3.46. The average molecular weight is 582 g/mol. The van der Waals surface area contributed by atoms with Crippen LogP contribution in [0.4, 0.5) is 23.4 Å². The average Bonchev–Trinajstić information content (AvgIpc) is 3.44. The molecule has 3 amide bonds. The maximum Gasteiger partial charge on any atom is 0.390 e. The summed E-state index contributed by atoms with van der Waals surface area (Å²) in [5, 5.41) is 8.39. The Balaban J connectivity index is 1.38. The number of hydrazone groups is 1. The minimum atomic E-state index is -4.32. The van der Waals surface area contributed by atoms with Crippen LogP contribution >= 0.6 is 0 Å². The Labute approximate surface area is 233 Å². The topological polar surface area (TPSA) is 111 Å². The summed E-state index contributed by atoms with van der Waals surface area (Å²) in [4.78, 5) is 49.1. The van der Waals surface area contributed by atoms with Crippen molar-refractivity contribution in [3.05, 3.63) is 35.4 Å². The van der Waals surface area contributed by atoms with E-state index >= 15 is 0 Å². The first kappa shape index (κ1) is 28.9. The van der Waals surface area contributed by atoms with Crippen LogP contribution in [0.25, 0.3) is 0 Å². The van der Waals surface area contributed by atoms with Gasteiger partial charge in [-0.25, -0.2) is 14.4 Å². The van der Waals surface area contributed by atoms with Gasteiger partial charge in [-0.1, -0.05) is 6.92 Å². The minimum Gasteiger partial charge on any atom is -0.378 e. The highest BCUT2D eigenvalue weighted by molar-refractivity contribution is 6.11. The smallest absolute Gasteiger partial charge is 0.378 e. The lowest BCUT2D eigenvalue weighted by Gasteiger charge is -2.47. The summed E-state index contributed by atoms with van der Waals surface area (Å²) in [6, 6.07) is 1.96.